The van der Waals surface area contributed by atoms with E-state index in [0.29, 0.717) is 30.8 Å². The molecule has 1 saturated heterocycles. The van der Waals surface area contributed by atoms with E-state index in [1.807, 2.05) is 19.1 Å². The van der Waals surface area contributed by atoms with Crippen LogP contribution >= 0.6 is 0 Å². The molecule has 0 aliphatic carbocycles. The van der Waals surface area contributed by atoms with Crippen molar-refractivity contribution in [3.8, 4) is 0 Å². The van der Waals surface area contributed by atoms with Gasteiger partial charge in [-0.05, 0) is 55.7 Å². The molecule has 0 aromatic heterocycles. The van der Waals surface area contributed by atoms with Gasteiger partial charge in [-0.15, -0.1) is 0 Å². The lowest BCUT2D eigenvalue weighted by molar-refractivity contribution is -0.120. The number of sulfonamides is 1. The Morgan fingerprint density at radius 1 is 1.03 bits per heavy atom. The molecule has 1 fully saturated rings. The van der Waals surface area contributed by atoms with Crippen molar-refractivity contribution in [2.45, 2.75) is 24.7 Å². The number of piperidine rings is 1. The number of nitrogens with zero attached hydrogens (tertiary/aromatic N) is 2. The molecule has 1 heterocycles. The minimum absolute atomic E-state index is 0.0691. The fraction of sp³-hybridized carbons (Fsp3) is 0.381. The predicted molar refractivity (Wildman–Crippen MR) is 124 cm³/mol. The Labute approximate surface area is 189 Å². The van der Waals surface area contributed by atoms with E-state index in [2.05, 4.69) is 10.0 Å². The van der Waals surface area contributed by atoms with Gasteiger partial charge in [0, 0.05) is 32.9 Å². The van der Waals surface area contributed by atoms with Gasteiger partial charge in [-0.1, -0.05) is 18.2 Å². The van der Waals surface area contributed by atoms with E-state index < -0.39 is 26.2 Å². The van der Waals surface area contributed by atoms with Crippen LogP contribution < -0.4 is 10.0 Å². The van der Waals surface area contributed by atoms with Crippen LogP contribution in [0.1, 0.15) is 18.4 Å². The third kappa shape index (κ3) is 5.47. The van der Waals surface area contributed by atoms with Crippen molar-refractivity contribution < 1.29 is 21.6 Å². The number of hydrogen-bond donors (Lipinski definition) is 2. The molecule has 1 aliphatic heterocycles. The summed E-state index contributed by atoms with van der Waals surface area (Å²) in [6.07, 6.45) is 1.17. The molecular formula is C21H28N4O5S2. The number of anilines is 2. The van der Waals surface area contributed by atoms with Crippen LogP contribution in [0.5, 0.6) is 0 Å². The first kappa shape index (κ1) is 24.2. The summed E-state index contributed by atoms with van der Waals surface area (Å²) in [5, 5.41) is 2.76. The minimum atomic E-state index is -3.77. The van der Waals surface area contributed by atoms with Crippen molar-refractivity contribution in [3.63, 3.8) is 0 Å². The lowest BCUT2D eigenvalue weighted by atomic mass is 9.99. The zero-order valence-electron chi connectivity index (χ0n) is 18.3. The second-order valence-corrected chi connectivity index (χ2v) is 11.7. The normalized spacial score (nSPS) is 17.8. The lowest BCUT2D eigenvalue weighted by Gasteiger charge is -2.32. The van der Waals surface area contributed by atoms with E-state index in [4.69, 9.17) is 0 Å². The molecule has 2 aromatic carbocycles. The van der Waals surface area contributed by atoms with Crippen LogP contribution in [-0.2, 0) is 25.0 Å². The van der Waals surface area contributed by atoms with E-state index in [-0.39, 0.29) is 17.3 Å². The summed E-state index contributed by atoms with van der Waals surface area (Å²) in [5.74, 6) is -0.776. The average molecular weight is 481 g/mol. The summed E-state index contributed by atoms with van der Waals surface area (Å²) in [4.78, 5) is 12.8. The van der Waals surface area contributed by atoms with E-state index in [1.54, 1.807) is 12.1 Å². The van der Waals surface area contributed by atoms with Gasteiger partial charge in [0.15, 0.2) is 0 Å². The Kier molecular flexibility index (Phi) is 7.23. The summed E-state index contributed by atoms with van der Waals surface area (Å²) in [6.45, 7) is 2.30. The lowest BCUT2D eigenvalue weighted by Crippen LogP contribution is -2.47. The molecule has 3 rings (SSSR count). The standard InChI is InChI=1S/C21H28N4O5S2/c1-16-7-4-5-9-20(16)23-31(27,28)19-12-10-18(11-13-19)22-21(26)17-8-6-14-25(15-17)32(29,30)24(2)3/h4-5,7,9-13,17,23H,6,8,14-15H2,1-3H3,(H,22,26). The van der Waals surface area contributed by atoms with Crippen molar-refractivity contribution in [3.05, 3.63) is 54.1 Å². The Morgan fingerprint density at radius 3 is 2.31 bits per heavy atom. The number of hydrogen-bond acceptors (Lipinski definition) is 5. The molecule has 0 bridgehead atoms. The van der Waals surface area contributed by atoms with Gasteiger partial charge in [-0.3, -0.25) is 9.52 Å². The van der Waals surface area contributed by atoms with E-state index in [9.17, 15) is 21.6 Å². The topological polar surface area (TPSA) is 116 Å². The Morgan fingerprint density at radius 2 is 1.69 bits per heavy atom. The molecule has 32 heavy (non-hydrogen) atoms. The highest BCUT2D eigenvalue weighted by molar-refractivity contribution is 7.92. The van der Waals surface area contributed by atoms with Gasteiger partial charge in [-0.2, -0.15) is 17.0 Å². The molecule has 11 heteroatoms. The quantitative estimate of drug-likeness (QED) is 0.631. The smallest absolute Gasteiger partial charge is 0.281 e. The van der Waals surface area contributed by atoms with Crippen LogP contribution in [0.3, 0.4) is 0 Å². The van der Waals surface area contributed by atoms with E-state index in [1.165, 1.54) is 42.7 Å². The van der Waals surface area contributed by atoms with Gasteiger partial charge < -0.3 is 5.32 Å². The number of carbonyl (C=O) groups excluding carboxylic acids is 1. The van der Waals surface area contributed by atoms with E-state index >= 15 is 0 Å². The fourth-order valence-electron chi connectivity index (χ4n) is 3.45. The van der Waals surface area contributed by atoms with Gasteiger partial charge in [0.25, 0.3) is 20.2 Å². The molecule has 0 saturated carbocycles. The molecule has 2 aromatic rings. The van der Waals surface area contributed by atoms with Gasteiger partial charge in [0.1, 0.15) is 0 Å². The highest BCUT2D eigenvalue weighted by Crippen LogP contribution is 2.23. The zero-order valence-corrected chi connectivity index (χ0v) is 19.9. The number of amides is 1. The highest BCUT2D eigenvalue weighted by atomic mass is 32.2. The van der Waals surface area contributed by atoms with Crippen LogP contribution in [0.15, 0.2) is 53.4 Å². The van der Waals surface area contributed by atoms with Gasteiger partial charge in [0.2, 0.25) is 5.91 Å². The summed E-state index contributed by atoms with van der Waals surface area (Å²) >= 11 is 0. The Hall–Kier alpha value is -2.47. The van der Waals surface area contributed by atoms with Crippen molar-refractivity contribution in [1.82, 2.24) is 8.61 Å². The molecule has 0 radical (unpaired) electrons. The second-order valence-electron chi connectivity index (χ2n) is 7.92. The van der Waals surface area contributed by atoms with Crippen LogP contribution in [0, 0.1) is 12.8 Å². The summed E-state index contributed by atoms with van der Waals surface area (Å²) in [7, 11) is -4.43. The predicted octanol–water partition coefficient (Wildman–Crippen LogP) is 2.25. The summed E-state index contributed by atoms with van der Waals surface area (Å²) < 4.78 is 55.0. The minimum Gasteiger partial charge on any atom is -0.326 e. The number of rotatable bonds is 7. The molecule has 174 valence electrons. The van der Waals surface area contributed by atoms with Crippen LogP contribution in [0.2, 0.25) is 0 Å². The first-order valence-corrected chi connectivity index (χ1v) is 13.1. The second kappa shape index (κ2) is 9.57. The largest absolute Gasteiger partial charge is 0.326 e. The molecule has 2 N–H and O–H groups in total. The molecule has 1 amide bonds. The maximum Gasteiger partial charge on any atom is 0.281 e. The maximum absolute atomic E-state index is 12.7. The maximum atomic E-state index is 12.7. The van der Waals surface area contributed by atoms with Crippen molar-refractivity contribution in [2.75, 3.05) is 37.2 Å². The number of aryl methyl sites for hydroxylation is 1. The molecular weight excluding hydrogens is 452 g/mol. The Balaban J connectivity index is 1.66. The van der Waals surface area contributed by atoms with Crippen molar-refractivity contribution >= 4 is 37.5 Å². The molecule has 1 atom stereocenters. The van der Waals surface area contributed by atoms with Gasteiger partial charge >= 0.3 is 0 Å². The van der Waals surface area contributed by atoms with Crippen LogP contribution in [0.4, 0.5) is 11.4 Å². The third-order valence-electron chi connectivity index (χ3n) is 5.36. The summed E-state index contributed by atoms with van der Waals surface area (Å²) in [6, 6.07) is 12.9. The monoisotopic (exact) mass is 480 g/mol. The highest BCUT2D eigenvalue weighted by Gasteiger charge is 2.33. The van der Waals surface area contributed by atoms with Crippen molar-refractivity contribution in [1.29, 1.82) is 0 Å². The molecule has 9 nitrogen and oxygen atoms in total. The third-order valence-corrected chi connectivity index (χ3v) is 8.65. The number of benzene rings is 2. The number of nitrogens with one attached hydrogen (secondary N) is 2. The van der Waals surface area contributed by atoms with Gasteiger partial charge in [-0.25, -0.2) is 8.42 Å². The van der Waals surface area contributed by atoms with Crippen LogP contribution in [-0.4, -0.2) is 58.5 Å². The first-order chi connectivity index (χ1) is 15.0. The number of carbonyl (C=O) groups is 1. The molecule has 0 spiro atoms. The SMILES string of the molecule is Cc1ccccc1NS(=O)(=O)c1ccc(NC(=O)C2CCCN(S(=O)(=O)N(C)C)C2)cc1. The van der Waals surface area contributed by atoms with E-state index in [0.717, 1.165) is 9.87 Å². The Bertz CT molecular complexity index is 1180. The van der Waals surface area contributed by atoms with Crippen LogP contribution in [0.25, 0.3) is 0 Å². The number of para-hydroxylation sites is 1. The zero-order chi connectivity index (χ0) is 23.5. The summed E-state index contributed by atoms with van der Waals surface area (Å²) in [5.41, 5.74) is 1.75. The first-order valence-electron chi connectivity index (χ1n) is 10.2. The fourth-order valence-corrected chi connectivity index (χ4v) is 5.77. The van der Waals surface area contributed by atoms with Gasteiger partial charge in [0.05, 0.1) is 16.5 Å². The average Bonchev–Trinajstić information content (AvgIpc) is 2.75. The molecule has 1 aliphatic rings. The molecule has 1 unspecified atom stereocenters. The van der Waals surface area contributed by atoms with Crippen molar-refractivity contribution in [2.24, 2.45) is 5.92 Å².